The fraction of sp³-hybridized carbons (Fsp3) is 0.667. The van der Waals surface area contributed by atoms with Crippen LogP contribution < -0.4 is 5.73 Å². The van der Waals surface area contributed by atoms with Gasteiger partial charge >= 0.3 is 0 Å². The van der Waals surface area contributed by atoms with Gasteiger partial charge in [0.1, 0.15) is 0 Å². The lowest BCUT2D eigenvalue weighted by Crippen LogP contribution is -2.16. The second-order valence-corrected chi connectivity index (χ2v) is 3.16. The summed E-state index contributed by atoms with van der Waals surface area (Å²) in [5.41, 5.74) is 6.69. The van der Waals surface area contributed by atoms with Crippen molar-refractivity contribution in [2.24, 2.45) is 11.7 Å². The van der Waals surface area contributed by atoms with Crippen LogP contribution >= 0.6 is 11.7 Å². The number of nitrogens with two attached hydrogens (primary N) is 1. The second kappa shape index (κ2) is 3.07. The highest BCUT2D eigenvalue weighted by molar-refractivity contribution is 6.99. The number of nitrogens with zero attached hydrogens (tertiary/aromatic N) is 2. The number of rotatable bonds is 2. The van der Waals surface area contributed by atoms with Gasteiger partial charge in [-0.3, -0.25) is 0 Å². The van der Waals surface area contributed by atoms with Gasteiger partial charge < -0.3 is 5.73 Å². The summed E-state index contributed by atoms with van der Waals surface area (Å²) in [6.45, 7) is 4.15. The van der Waals surface area contributed by atoms with E-state index in [1.54, 1.807) is 6.20 Å². The van der Waals surface area contributed by atoms with E-state index in [-0.39, 0.29) is 6.04 Å². The summed E-state index contributed by atoms with van der Waals surface area (Å²) in [7, 11) is 0. The molecule has 0 bridgehead atoms. The number of aromatic nitrogens is 2. The van der Waals surface area contributed by atoms with E-state index in [1.165, 1.54) is 11.7 Å². The first kappa shape index (κ1) is 7.63. The monoisotopic (exact) mass is 157 g/mol. The van der Waals surface area contributed by atoms with E-state index in [1.807, 2.05) is 0 Å². The predicted molar refractivity (Wildman–Crippen MR) is 41.7 cm³/mol. The van der Waals surface area contributed by atoms with Crippen molar-refractivity contribution in [1.29, 1.82) is 0 Å². The third-order valence-corrected chi connectivity index (χ3v) is 1.93. The molecule has 0 saturated carbocycles. The zero-order valence-corrected chi connectivity index (χ0v) is 6.93. The van der Waals surface area contributed by atoms with Gasteiger partial charge in [0.15, 0.2) is 0 Å². The van der Waals surface area contributed by atoms with Gasteiger partial charge in [-0.15, -0.1) is 0 Å². The van der Waals surface area contributed by atoms with Crippen molar-refractivity contribution >= 4 is 11.7 Å². The first-order valence-corrected chi connectivity index (χ1v) is 3.98. The van der Waals surface area contributed by atoms with Gasteiger partial charge in [0, 0.05) is 0 Å². The maximum Gasteiger partial charge on any atom is 0.0912 e. The Kier molecular flexibility index (Phi) is 2.34. The van der Waals surface area contributed by atoms with Gasteiger partial charge in [-0.1, -0.05) is 13.8 Å². The van der Waals surface area contributed by atoms with Crippen LogP contribution in [0.15, 0.2) is 6.20 Å². The molecule has 0 saturated heterocycles. The molecule has 0 aliphatic carbocycles. The molecule has 0 aliphatic heterocycles. The van der Waals surface area contributed by atoms with Crippen molar-refractivity contribution < 1.29 is 0 Å². The van der Waals surface area contributed by atoms with Crippen molar-refractivity contribution in [2.75, 3.05) is 0 Å². The minimum absolute atomic E-state index is 0.0405. The maximum atomic E-state index is 5.79. The van der Waals surface area contributed by atoms with Crippen LogP contribution in [0, 0.1) is 5.92 Å². The van der Waals surface area contributed by atoms with E-state index in [0.29, 0.717) is 5.92 Å². The van der Waals surface area contributed by atoms with Crippen LogP contribution in [-0.2, 0) is 0 Å². The van der Waals surface area contributed by atoms with E-state index in [2.05, 4.69) is 22.6 Å². The summed E-state index contributed by atoms with van der Waals surface area (Å²) in [5, 5.41) is 0. The van der Waals surface area contributed by atoms with E-state index in [9.17, 15) is 0 Å². The fourth-order valence-electron chi connectivity index (χ4n) is 0.660. The highest BCUT2D eigenvalue weighted by atomic mass is 32.1. The van der Waals surface area contributed by atoms with Crippen molar-refractivity contribution in [1.82, 2.24) is 8.75 Å². The molecular formula is C6H11N3S. The number of hydrogen-bond donors (Lipinski definition) is 1. The van der Waals surface area contributed by atoms with Gasteiger partial charge in [0.05, 0.1) is 29.7 Å². The van der Waals surface area contributed by atoms with E-state index in [4.69, 9.17) is 5.73 Å². The largest absolute Gasteiger partial charge is 0.322 e. The average Bonchev–Trinajstić information content (AvgIpc) is 2.36. The third kappa shape index (κ3) is 1.52. The van der Waals surface area contributed by atoms with Crippen LogP contribution in [0.3, 0.4) is 0 Å². The standard InChI is InChI=1S/C6H11N3S/c1-4(2)6(7)5-3-8-10-9-5/h3-4,6H,7H2,1-2H3. The third-order valence-electron chi connectivity index (χ3n) is 1.44. The molecule has 1 heterocycles. The Morgan fingerprint density at radius 2 is 2.30 bits per heavy atom. The lowest BCUT2D eigenvalue weighted by molar-refractivity contribution is 0.506. The van der Waals surface area contributed by atoms with Gasteiger partial charge in [-0.05, 0) is 5.92 Å². The van der Waals surface area contributed by atoms with Crippen LogP contribution in [0.4, 0.5) is 0 Å². The average molecular weight is 157 g/mol. The molecule has 1 rings (SSSR count). The SMILES string of the molecule is CC(C)C(N)c1cnsn1. The second-order valence-electron chi connectivity index (χ2n) is 2.60. The van der Waals surface area contributed by atoms with Crippen molar-refractivity contribution in [3.8, 4) is 0 Å². The lowest BCUT2D eigenvalue weighted by atomic mass is 10.0. The smallest absolute Gasteiger partial charge is 0.0912 e. The van der Waals surface area contributed by atoms with E-state index in [0.717, 1.165) is 5.69 Å². The minimum atomic E-state index is 0.0405. The summed E-state index contributed by atoms with van der Waals surface area (Å²) in [4.78, 5) is 0. The van der Waals surface area contributed by atoms with Crippen LogP contribution in [0.25, 0.3) is 0 Å². The van der Waals surface area contributed by atoms with Gasteiger partial charge in [0.25, 0.3) is 0 Å². The molecular weight excluding hydrogens is 146 g/mol. The van der Waals surface area contributed by atoms with Gasteiger partial charge in [-0.25, -0.2) is 0 Å². The zero-order chi connectivity index (χ0) is 7.56. The summed E-state index contributed by atoms with van der Waals surface area (Å²) in [5.74, 6) is 0.434. The molecule has 56 valence electrons. The van der Waals surface area contributed by atoms with E-state index < -0.39 is 0 Å². The molecule has 10 heavy (non-hydrogen) atoms. The molecule has 3 nitrogen and oxygen atoms in total. The molecule has 0 spiro atoms. The Morgan fingerprint density at radius 1 is 1.60 bits per heavy atom. The van der Waals surface area contributed by atoms with Crippen molar-refractivity contribution in [3.63, 3.8) is 0 Å². The molecule has 1 unspecified atom stereocenters. The highest BCUT2D eigenvalue weighted by Gasteiger charge is 2.11. The summed E-state index contributed by atoms with van der Waals surface area (Å²) < 4.78 is 7.92. The number of hydrogen-bond acceptors (Lipinski definition) is 4. The molecule has 4 heteroatoms. The first-order chi connectivity index (χ1) is 4.72. The Balaban J connectivity index is 2.68. The van der Waals surface area contributed by atoms with Crippen LogP contribution in [-0.4, -0.2) is 8.75 Å². The van der Waals surface area contributed by atoms with Crippen LogP contribution in [0.2, 0.25) is 0 Å². The van der Waals surface area contributed by atoms with E-state index >= 15 is 0 Å². The fourth-order valence-corrected chi connectivity index (χ4v) is 1.13. The zero-order valence-electron chi connectivity index (χ0n) is 6.11. The molecule has 1 atom stereocenters. The molecule has 0 radical (unpaired) electrons. The Hall–Kier alpha value is -0.480. The van der Waals surface area contributed by atoms with Crippen LogP contribution in [0.5, 0.6) is 0 Å². The molecule has 1 aromatic heterocycles. The lowest BCUT2D eigenvalue weighted by Gasteiger charge is -2.10. The minimum Gasteiger partial charge on any atom is -0.322 e. The normalized spacial score (nSPS) is 14.0. The van der Waals surface area contributed by atoms with Crippen molar-refractivity contribution in [3.05, 3.63) is 11.9 Å². The van der Waals surface area contributed by atoms with Crippen LogP contribution in [0.1, 0.15) is 25.6 Å². The summed E-state index contributed by atoms with van der Waals surface area (Å²) in [6, 6.07) is 0.0405. The first-order valence-electron chi connectivity index (χ1n) is 3.25. The Bertz CT molecular complexity index is 183. The van der Waals surface area contributed by atoms with Crippen molar-refractivity contribution in [2.45, 2.75) is 19.9 Å². The van der Waals surface area contributed by atoms with Gasteiger partial charge in [0.2, 0.25) is 0 Å². The molecule has 2 N–H and O–H groups in total. The molecule has 1 aromatic rings. The summed E-state index contributed by atoms with van der Waals surface area (Å²) in [6.07, 6.45) is 1.73. The molecule has 0 aliphatic rings. The predicted octanol–water partition coefficient (Wildman–Crippen LogP) is 1.19. The maximum absolute atomic E-state index is 5.79. The Morgan fingerprint density at radius 3 is 2.70 bits per heavy atom. The molecule has 0 amide bonds. The van der Waals surface area contributed by atoms with Gasteiger partial charge in [-0.2, -0.15) is 8.75 Å². The molecule has 0 fully saturated rings. The summed E-state index contributed by atoms with van der Waals surface area (Å²) >= 11 is 1.21. The quantitative estimate of drug-likeness (QED) is 0.701. The Labute approximate surface area is 64.6 Å². The topological polar surface area (TPSA) is 51.8 Å². The highest BCUT2D eigenvalue weighted by Crippen LogP contribution is 2.15. The molecule has 0 aromatic carbocycles.